The van der Waals surface area contributed by atoms with E-state index in [0.717, 1.165) is 29.4 Å². The van der Waals surface area contributed by atoms with Gasteiger partial charge in [0, 0.05) is 16.7 Å². The lowest BCUT2D eigenvalue weighted by Gasteiger charge is -2.39. The zero-order valence-electron chi connectivity index (χ0n) is 11.4. The minimum absolute atomic E-state index is 0.0256. The number of para-hydroxylation sites is 1. The van der Waals surface area contributed by atoms with Crippen LogP contribution in [0.1, 0.15) is 17.5 Å². The van der Waals surface area contributed by atoms with E-state index in [2.05, 4.69) is 63.7 Å². The van der Waals surface area contributed by atoms with E-state index in [1.807, 2.05) is 6.07 Å². The summed E-state index contributed by atoms with van der Waals surface area (Å²) in [5, 5.41) is 3.66. The van der Waals surface area contributed by atoms with Crippen LogP contribution in [0.3, 0.4) is 0 Å². The molecule has 0 bridgehead atoms. The summed E-state index contributed by atoms with van der Waals surface area (Å²) in [7, 11) is 0. The Hall–Kier alpha value is -1.32. The summed E-state index contributed by atoms with van der Waals surface area (Å²) < 4.78 is 1.16. The number of aryl methyl sites for hydroxylation is 1. The van der Waals surface area contributed by atoms with Crippen molar-refractivity contribution in [2.45, 2.75) is 24.8 Å². The van der Waals surface area contributed by atoms with Gasteiger partial charge in [-0.05, 0) is 54.7 Å². The number of halogens is 1. The lowest BCUT2D eigenvalue weighted by molar-refractivity contribution is 0.417. The van der Waals surface area contributed by atoms with Crippen LogP contribution in [-0.2, 0) is 12.8 Å². The van der Waals surface area contributed by atoms with Crippen molar-refractivity contribution in [3.8, 4) is 0 Å². The molecule has 104 valence electrons. The van der Waals surface area contributed by atoms with Crippen molar-refractivity contribution in [3.63, 3.8) is 0 Å². The van der Waals surface area contributed by atoms with Crippen LogP contribution in [0.15, 0.2) is 53.0 Å². The van der Waals surface area contributed by atoms with Crippen LogP contribution in [0.4, 0.5) is 5.69 Å². The minimum atomic E-state index is -0.0256. The summed E-state index contributed by atoms with van der Waals surface area (Å²) in [6, 6.07) is 16.9. The van der Waals surface area contributed by atoms with E-state index in [4.69, 9.17) is 5.73 Å². The molecule has 3 rings (SSSR count). The first kappa shape index (κ1) is 13.7. The number of anilines is 1. The monoisotopic (exact) mass is 330 g/mol. The fourth-order valence-electron chi connectivity index (χ4n) is 2.99. The Bertz CT molecular complexity index is 597. The van der Waals surface area contributed by atoms with Gasteiger partial charge < -0.3 is 11.1 Å². The summed E-state index contributed by atoms with van der Waals surface area (Å²) in [5.41, 5.74) is 10.1. The fourth-order valence-corrected chi connectivity index (χ4v) is 3.39. The molecule has 0 aliphatic heterocycles. The van der Waals surface area contributed by atoms with Crippen molar-refractivity contribution in [1.82, 2.24) is 0 Å². The Morgan fingerprint density at radius 3 is 2.65 bits per heavy atom. The molecule has 0 spiro atoms. The maximum atomic E-state index is 6.10. The highest BCUT2D eigenvalue weighted by molar-refractivity contribution is 9.10. The number of rotatable bonds is 3. The largest absolute Gasteiger partial charge is 0.378 e. The highest BCUT2D eigenvalue weighted by Gasteiger charge is 2.33. The van der Waals surface area contributed by atoms with Crippen LogP contribution in [-0.4, -0.2) is 12.1 Å². The van der Waals surface area contributed by atoms with Gasteiger partial charge in [0.15, 0.2) is 0 Å². The van der Waals surface area contributed by atoms with Gasteiger partial charge in [0.1, 0.15) is 0 Å². The number of nitrogens with two attached hydrogens (primary N) is 1. The highest BCUT2D eigenvalue weighted by Crippen LogP contribution is 2.32. The first-order chi connectivity index (χ1) is 9.71. The number of hydrogen-bond donors (Lipinski definition) is 2. The Balaban J connectivity index is 1.86. The van der Waals surface area contributed by atoms with Gasteiger partial charge in [-0.25, -0.2) is 0 Å². The predicted octanol–water partition coefficient (Wildman–Crippen LogP) is 3.75. The standard InChI is InChI=1S/C17H19BrN2/c18-15-7-6-14-11-17(12-19,9-8-13(14)10-15)20-16-4-2-1-3-5-16/h1-7,10,20H,8-9,11-12,19H2. The molecule has 1 unspecified atom stereocenters. The van der Waals surface area contributed by atoms with Crippen LogP contribution >= 0.6 is 15.9 Å². The number of benzene rings is 2. The van der Waals surface area contributed by atoms with Gasteiger partial charge in [-0.15, -0.1) is 0 Å². The molecule has 2 aromatic carbocycles. The third kappa shape index (κ3) is 2.74. The molecule has 1 atom stereocenters. The van der Waals surface area contributed by atoms with Crippen molar-refractivity contribution in [2.24, 2.45) is 5.73 Å². The van der Waals surface area contributed by atoms with Crippen molar-refractivity contribution >= 4 is 21.6 Å². The van der Waals surface area contributed by atoms with Crippen molar-refractivity contribution in [3.05, 3.63) is 64.1 Å². The molecule has 0 radical (unpaired) electrons. The second kappa shape index (κ2) is 5.58. The zero-order chi connectivity index (χ0) is 14.0. The second-order valence-corrected chi connectivity index (χ2v) is 6.48. The van der Waals surface area contributed by atoms with E-state index in [9.17, 15) is 0 Å². The Morgan fingerprint density at radius 2 is 1.90 bits per heavy atom. The van der Waals surface area contributed by atoms with E-state index in [1.165, 1.54) is 11.1 Å². The molecule has 0 heterocycles. The molecule has 0 aromatic heterocycles. The minimum Gasteiger partial charge on any atom is -0.378 e. The maximum Gasteiger partial charge on any atom is 0.0539 e. The highest BCUT2D eigenvalue weighted by atomic mass is 79.9. The third-order valence-electron chi connectivity index (χ3n) is 4.14. The first-order valence-corrected chi connectivity index (χ1v) is 7.81. The van der Waals surface area contributed by atoms with Crippen molar-refractivity contribution in [2.75, 3.05) is 11.9 Å². The molecule has 3 heteroatoms. The molecule has 0 saturated carbocycles. The smallest absolute Gasteiger partial charge is 0.0539 e. The SMILES string of the molecule is NCC1(Nc2ccccc2)CCc2cc(Br)ccc2C1. The first-order valence-electron chi connectivity index (χ1n) is 7.01. The summed E-state index contributed by atoms with van der Waals surface area (Å²) >= 11 is 3.55. The molecule has 2 nitrogen and oxygen atoms in total. The fraction of sp³-hybridized carbons (Fsp3) is 0.294. The van der Waals surface area contributed by atoms with Gasteiger partial charge in [-0.2, -0.15) is 0 Å². The molecule has 1 aliphatic rings. The molecule has 2 aromatic rings. The van der Waals surface area contributed by atoms with E-state index in [-0.39, 0.29) is 5.54 Å². The van der Waals surface area contributed by atoms with Crippen molar-refractivity contribution in [1.29, 1.82) is 0 Å². The average molecular weight is 331 g/mol. The molecule has 0 saturated heterocycles. The lowest BCUT2D eigenvalue weighted by atomic mass is 9.77. The van der Waals surface area contributed by atoms with Crippen molar-refractivity contribution < 1.29 is 0 Å². The Kier molecular flexibility index (Phi) is 3.81. The molecular formula is C17H19BrN2. The van der Waals surface area contributed by atoms with E-state index >= 15 is 0 Å². The lowest BCUT2D eigenvalue weighted by Crippen LogP contribution is -2.49. The van der Waals surface area contributed by atoms with E-state index in [1.54, 1.807) is 0 Å². The third-order valence-corrected chi connectivity index (χ3v) is 4.64. The second-order valence-electron chi connectivity index (χ2n) is 5.57. The van der Waals surface area contributed by atoms with Crippen LogP contribution in [0.25, 0.3) is 0 Å². The van der Waals surface area contributed by atoms with Gasteiger partial charge in [-0.3, -0.25) is 0 Å². The Labute approximate surface area is 128 Å². The summed E-state index contributed by atoms with van der Waals surface area (Å²) in [4.78, 5) is 0. The number of nitrogens with one attached hydrogen (secondary N) is 1. The number of hydrogen-bond acceptors (Lipinski definition) is 2. The summed E-state index contributed by atoms with van der Waals surface area (Å²) in [6.45, 7) is 0.650. The predicted molar refractivity (Wildman–Crippen MR) is 88.0 cm³/mol. The van der Waals surface area contributed by atoms with Gasteiger partial charge in [-0.1, -0.05) is 40.2 Å². The van der Waals surface area contributed by atoms with Gasteiger partial charge in [0.2, 0.25) is 0 Å². The van der Waals surface area contributed by atoms with Gasteiger partial charge in [0.05, 0.1) is 5.54 Å². The maximum absolute atomic E-state index is 6.10. The summed E-state index contributed by atoms with van der Waals surface area (Å²) in [6.07, 6.45) is 3.13. The van der Waals surface area contributed by atoms with Crippen LogP contribution in [0.2, 0.25) is 0 Å². The molecule has 20 heavy (non-hydrogen) atoms. The topological polar surface area (TPSA) is 38.0 Å². The van der Waals surface area contributed by atoms with Crippen LogP contribution in [0, 0.1) is 0 Å². The van der Waals surface area contributed by atoms with E-state index in [0.29, 0.717) is 6.54 Å². The molecule has 3 N–H and O–H groups in total. The van der Waals surface area contributed by atoms with Crippen LogP contribution in [0.5, 0.6) is 0 Å². The normalized spacial score (nSPS) is 21.3. The Morgan fingerprint density at radius 1 is 1.10 bits per heavy atom. The average Bonchev–Trinajstić information content (AvgIpc) is 2.48. The van der Waals surface area contributed by atoms with E-state index < -0.39 is 0 Å². The molecule has 0 fully saturated rings. The molecular weight excluding hydrogens is 312 g/mol. The summed E-state index contributed by atoms with van der Waals surface area (Å²) in [5.74, 6) is 0. The molecule has 1 aliphatic carbocycles. The van der Waals surface area contributed by atoms with Gasteiger partial charge in [0.25, 0.3) is 0 Å². The molecule has 0 amide bonds. The van der Waals surface area contributed by atoms with Crippen LogP contribution < -0.4 is 11.1 Å². The quantitative estimate of drug-likeness (QED) is 0.899. The zero-order valence-corrected chi connectivity index (χ0v) is 13.0. The van der Waals surface area contributed by atoms with Gasteiger partial charge >= 0.3 is 0 Å². The number of fused-ring (bicyclic) bond motifs is 1.